The van der Waals surface area contributed by atoms with Crippen LogP contribution in [0.5, 0.6) is 11.5 Å². The van der Waals surface area contributed by atoms with E-state index in [4.69, 9.17) is 13.9 Å². The number of aryl methyl sites for hydroxylation is 1. The van der Waals surface area contributed by atoms with Crippen LogP contribution in [0.1, 0.15) is 21.7 Å². The van der Waals surface area contributed by atoms with Crippen molar-refractivity contribution in [1.82, 2.24) is 5.43 Å². The van der Waals surface area contributed by atoms with Gasteiger partial charge in [-0.3, -0.25) is 9.59 Å². The number of anilines is 1. The molecule has 2 amide bonds. The Hall–Kier alpha value is -2.90. The second kappa shape index (κ2) is 12.1. The number of fused-ring (bicyclic) bond motifs is 1. The summed E-state index contributed by atoms with van der Waals surface area (Å²) in [5.41, 5.74) is 5.51. The maximum absolute atomic E-state index is 12.5. The Kier molecular flexibility index (Phi) is 8.87. The van der Waals surface area contributed by atoms with Crippen molar-refractivity contribution in [3.05, 3.63) is 84.0 Å². The van der Waals surface area contributed by atoms with Gasteiger partial charge in [-0.2, -0.15) is 5.10 Å². The van der Waals surface area contributed by atoms with E-state index in [-0.39, 0.29) is 18.3 Å². The molecule has 0 bridgehead atoms. The van der Waals surface area contributed by atoms with Crippen molar-refractivity contribution in [3.8, 4) is 11.5 Å². The highest BCUT2D eigenvalue weighted by atomic mass is 127. The highest BCUT2D eigenvalue weighted by molar-refractivity contribution is 14.1. The molecule has 37 heavy (non-hydrogen) atoms. The Labute approximate surface area is 243 Å². The van der Waals surface area contributed by atoms with Crippen LogP contribution in [0.15, 0.2) is 73.1 Å². The molecule has 4 rings (SSSR count). The number of halogens is 3. The quantitative estimate of drug-likeness (QED) is 0.120. The number of amides is 2. The van der Waals surface area contributed by atoms with Crippen molar-refractivity contribution >= 4 is 89.1 Å². The maximum atomic E-state index is 12.5. The number of carbonyl (C=O) groups is 2. The highest BCUT2D eigenvalue weighted by Crippen LogP contribution is 2.36. The molecule has 0 fully saturated rings. The van der Waals surface area contributed by atoms with Gasteiger partial charge in [0.1, 0.15) is 5.58 Å². The van der Waals surface area contributed by atoms with Crippen LogP contribution in [0.4, 0.5) is 5.69 Å². The molecule has 0 spiro atoms. The number of methoxy groups -OCH3 is 1. The number of furan rings is 1. The molecule has 0 aliphatic rings. The lowest BCUT2D eigenvalue weighted by Crippen LogP contribution is -2.20. The van der Waals surface area contributed by atoms with E-state index in [0.717, 1.165) is 19.0 Å². The summed E-state index contributed by atoms with van der Waals surface area (Å²) in [7, 11) is 1.49. The summed E-state index contributed by atoms with van der Waals surface area (Å²) in [6, 6.07) is 16.3. The molecule has 0 unspecified atom stereocenters. The topological polar surface area (TPSA) is 102 Å². The zero-order valence-electron chi connectivity index (χ0n) is 19.6. The zero-order chi connectivity index (χ0) is 26.5. The standard InChI is InChI=1S/C26H20Br2IN3O5/c1-14-3-5-18(6-4-14)31-23(33)13-36-25-19(28)7-15(8-21(25)35-2)12-30-32-26(34)22-10-16-9-17(27)11-20(29)24(16)37-22/h3-12H,13H2,1-2H3,(H,31,33)(H,32,34)/b30-12-. The minimum Gasteiger partial charge on any atom is -0.493 e. The Balaban J connectivity index is 1.39. The number of carbonyl (C=O) groups excluding carboxylic acids is 2. The Morgan fingerprint density at radius 2 is 1.86 bits per heavy atom. The van der Waals surface area contributed by atoms with E-state index >= 15 is 0 Å². The molecule has 11 heteroatoms. The molecule has 0 saturated heterocycles. The first-order valence-electron chi connectivity index (χ1n) is 10.8. The molecule has 0 radical (unpaired) electrons. The van der Waals surface area contributed by atoms with E-state index in [1.807, 2.05) is 43.3 Å². The average Bonchev–Trinajstić information content (AvgIpc) is 3.29. The van der Waals surface area contributed by atoms with Crippen molar-refractivity contribution in [2.24, 2.45) is 5.10 Å². The lowest BCUT2D eigenvalue weighted by molar-refractivity contribution is -0.118. The van der Waals surface area contributed by atoms with Gasteiger partial charge in [0.2, 0.25) is 0 Å². The van der Waals surface area contributed by atoms with Crippen LogP contribution >= 0.6 is 54.5 Å². The third kappa shape index (κ3) is 6.90. The van der Waals surface area contributed by atoms with Crippen LogP contribution in [0, 0.1) is 10.5 Å². The summed E-state index contributed by atoms with van der Waals surface area (Å²) in [6.07, 6.45) is 1.46. The summed E-state index contributed by atoms with van der Waals surface area (Å²) >= 11 is 9.04. The van der Waals surface area contributed by atoms with Crippen molar-refractivity contribution in [2.75, 3.05) is 19.0 Å². The minimum absolute atomic E-state index is 0.148. The fourth-order valence-electron chi connectivity index (χ4n) is 3.33. The number of hydrogen-bond acceptors (Lipinski definition) is 6. The third-order valence-corrected chi connectivity index (χ3v) is 6.92. The van der Waals surface area contributed by atoms with Gasteiger partial charge in [-0.15, -0.1) is 0 Å². The predicted octanol–water partition coefficient (Wildman–Crippen LogP) is 6.66. The van der Waals surface area contributed by atoms with Crippen LogP contribution in [-0.4, -0.2) is 31.7 Å². The normalized spacial score (nSPS) is 11.1. The van der Waals surface area contributed by atoms with Crippen molar-refractivity contribution in [3.63, 3.8) is 0 Å². The monoisotopic (exact) mass is 739 g/mol. The van der Waals surface area contributed by atoms with E-state index in [0.29, 0.717) is 32.8 Å². The van der Waals surface area contributed by atoms with Gasteiger partial charge in [0, 0.05) is 15.5 Å². The molecule has 1 aromatic heterocycles. The van der Waals surface area contributed by atoms with Gasteiger partial charge in [0.15, 0.2) is 23.9 Å². The van der Waals surface area contributed by atoms with Crippen LogP contribution < -0.4 is 20.2 Å². The molecule has 3 aromatic carbocycles. The average molecular weight is 741 g/mol. The van der Waals surface area contributed by atoms with Gasteiger partial charge < -0.3 is 19.2 Å². The smallest absolute Gasteiger partial charge is 0.307 e. The summed E-state index contributed by atoms with van der Waals surface area (Å²) in [6.45, 7) is 1.76. The van der Waals surface area contributed by atoms with Crippen LogP contribution in [0.25, 0.3) is 11.0 Å². The molecule has 1 heterocycles. The van der Waals surface area contributed by atoms with Gasteiger partial charge in [0.25, 0.3) is 5.91 Å². The van der Waals surface area contributed by atoms with Gasteiger partial charge in [-0.25, -0.2) is 5.43 Å². The van der Waals surface area contributed by atoms with E-state index in [9.17, 15) is 9.59 Å². The summed E-state index contributed by atoms with van der Waals surface area (Å²) < 4.78 is 19.2. The fourth-order valence-corrected chi connectivity index (χ4v) is 5.57. The van der Waals surface area contributed by atoms with E-state index in [1.54, 1.807) is 18.2 Å². The van der Waals surface area contributed by atoms with Crippen molar-refractivity contribution in [2.45, 2.75) is 6.92 Å². The first kappa shape index (κ1) is 27.1. The number of nitrogens with zero attached hydrogens (tertiary/aromatic N) is 1. The first-order chi connectivity index (χ1) is 17.7. The highest BCUT2D eigenvalue weighted by Gasteiger charge is 2.15. The number of ether oxygens (including phenoxy) is 2. The number of benzene rings is 3. The number of hydrazone groups is 1. The molecule has 0 atom stereocenters. The first-order valence-corrected chi connectivity index (χ1v) is 13.5. The second-order valence-corrected chi connectivity index (χ2v) is 10.8. The van der Waals surface area contributed by atoms with E-state index in [1.165, 1.54) is 13.3 Å². The summed E-state index contributed by atoms with van der Waals surface area (Å²) in [4.78, 5) is 24.8. The molecule has 4 aromatic rings. The lowest BCUT2D eigenvalue weighted by Gasteiger charge is -2.13. The molecule has 2 N–H and O–H groups in total. The van der Waals surface area contributed by atoms with Gasteiger partial charge in [0.05, 0.1) is 21.4 Å². The molecule has 0 aliphatic carbocycles. The minimum atomic E-state index is -0.482. The molecule has 190 valence electrons. The Bertz CT molecular complexity index is 1500. The fraction of sp³-hybridized carbons (Fsp3) is 0.115. The third-order valence-electron chi connectivity index (χ3n) is 5.07. The predicted molar refractivity (Wildman–Crippen MR) is 158 cm³/mol. The largest absolute Gasteiger partial charge is 0.493 e. The summed E-state index contributed by atoms with van der Waals surface area (Å²) in [5.74, 6) is 0.117. The number of rotatable bonds is 8. The number of hydrogen-bond donors (Lipinski definition) is 2. The Morgan fingerprint density at radius 3 is 2.59 bits per heavy atom. The lowest BCUT2D eigenvalue weighted by atomic mass is 10.2. The van der Waals surface area contributed by atoms with Gasteiger partial charge >= 0.3 is 5.91 Å². The maximum Gasteiger partial charge on any atom is 0.307 e. The molecule has 0 saturated carbocycles. The second-order valence-electron chi connectivity index (χ2n) is 7.85. The van der Waals surface area contributed by atoms with Crippen LogP contribution in [0.2, 0.25) is 0 Å². The van der Waals surface area contributed by atoms with Crippen LogP contribution in [-0.2, 0) is 4.79 Å². The van der Waals surface area contributed by atoms with Crippen molar-refractivity contribution in [1.29, 1.82) is 0 Å². The van der Waals surface area contributed by atoms with E-state index < -0.39 is 5.91 Å². The zero-order valence-corrected chi connectivity index (χ0v) is 24.9. The molecular formula is C26H20Br2IN3O5. The SMILES string of the molecule is COc1cc(/C=N\NC(=O)c2cc3cc(Br)cc(I)c3o2)cc(Br)c1OCC(=O)Nc1ccc(C)cc1. The van der Waals surface area contributed by atoms with Gasteiger partial charge in [-0.05, 0) is 93.5 Å². The summed E-state index contributed by atoms with van der Waals surface area (Å²) in [5, 5.41) is 7.62. The molecular weight excluding hydrogens is 721 g/mol. The van der Waals surface area contributed by atoms with Crippen molar-refractivity contribution < 1.29 is 23.5 Å². The molecule has 8 nitrogen and oxygen atoms in total. The Morgan fingerprint density at radius 1 is 1.11 bits per heavy atom. The number of nitrogens with one attached hydrogen (secondary N) is 2. The van der Waals surface area contributed by atoms with E-state index in [2.05, 4.69) is 70.3 Å². The van der Waals surface area contributed by atoms with Gasteiger partial charge in [-0.1, -0.05) is 33.6 Å². The molecule has 0 aliphatic heterocycles. The van der Waals surface area contributed by atoms with Crippen LogP contribution in [0.3, 0.4) is 0 Å².